The molecule has 0 bridgehead atoms. The van der Waals surface area contributed by atoms with Crippen LogP contribution in [0.5, 0.6) is 5.75 Å². The van der Waals surface area contributed by atoms with E-state index in [2.05, 4.69) is 0 Å². The van der Waals surface area contributed by atoms with Gasteiger partial charge in [0.2, 0.25) is 0 Å². The third-order valence-corrected chi connectivity index (χ3v) is 4.08. The van der Waals surface area contributed by atoms with Crippen molar-refractivity contribution in [1.82, 2.24) is 0 Å². The van der Waals surface area contributed by atoms with Crippen LogP contribution in [0, 0.1) is 13.8 Å². The number of aromatic carboxylic acids is 1. The Labute approximate surface area is 120 Å². The molecule has 0 saturated carbocycles. The molecule has 1 N–H and O–H groups in total. The maximum atomic E-state index is 10.9. The van der Waals surface area contributed by atoms with E-state index >= 15 is 0 Å². The molecule has 2 aromatic rings. The highest BCUT2D eigenvalue weighted by Crippen LogP contribution is 2.26. The second-order valence-electron chi connectivity index (χ2n) is 4.20. The Morgan fingerprint density at radius 1 is 1.37 bits per heavy atom. The number of carboxylic acid groups (broad SMARTS) is 1. The molecule has 0 amide bonds. The van der Waals surface area contributed by atoms with Gasteiger partial charge in [-0.2, -0.15) is 0 Å². The lowest BCUT2D eigenvalue weighted by Crippen LogP contribution is -1.97. The molecule has 1 aromatic heterocycles. The van der Waals surface area contributed by atoms with Gasteiger partial charge in [0.05, 0.1) is 0 Å². The Kier molecular flexibility index (Phi) is 4.12. The largest absolute Gasteiger partial charge is 0.489 e. The molecular formula is C14H13ClO3S. The summed E-state index contributed by atoms with van der Waals surface area (Å²) in [5, 5.41) is 9.56. The first-order valence-corrected chi connectivity index (χ1v) is 6.88. The van der Waals surface area contributed by atoms with E-state index in [1.54, 1.807) is 12.1 Å². The summed E-state index contributed by atoms with van der Waals surface area (Å²) < 4.78 is 5.71. The molecule has 0 atom stereocenters. The molecule has 2 rings (SSSR count). The number of hydrogen-bond acceptors (Lipinski definition) is 3. The van der Waals surface area contributed by atoms with Gasteiger partial charge in [0, 0.05) is 15.5 Å². The van der Waals surface area contributed by atoms with Crippen LogP contribution < -0.4 is 4.74 Å². The second kappa shape index (κ2) is 5.63. The van der Waals surface area contributed by atoms with Crippen molar-refractivity contribution < 1.29 is 14.6 Å². The summed E-state index contributed by atoms with van der Waals surface area (Å²) >= 11 is 7.18. The highest BCUT2D eigenvalue weighted by molar-refractivity contribution is 7.14. The maximum absolute atomic E-state index is 10.9. The van der Waals surface area contributed by atoms with Gasteiger partial charge in [-0.25, -0.2) is 4.79 Å². The Hall–Kier alpha value is -1.52. The minimum absolute atomic E-state index is 0.332. The number of thiophene rings is 1. The first kappa shape index (κ1) is 13.9. The molecule has 3 nitrogen and oxygen atoms in total. The second-order valence-corrected chi connectivity index (χ2v) is 5.89. The summed E-state index contributed by atoms with van der Waals surface area (Å²) in [4.78, 5) is 12.2. The normalized spacial score (nSPS) is 10.5. The van der Waals surface area contributed by atoms with Gasteiger partial charge in [-0.15, -0.1) is 11.3 Å². The SMILES string of the molecule is Cc1ccc(Cl)cc1OCc1cc(C(=O)O)sc1C. The molecule has 0 saturated heterocycles. The van der Waals surface area contributed by atoms with E-state index in [0.717, 1.165) is 21.8 Å². The molecule has 0 fully saturated rings. The van der Waals surface area contributed by atoms with Crippen molar-refractivity contribution in [3.05, 3.63) is 50.2 Å². The lowest BCUT2D eigenvalue weighted by atomic mass is 10.2. The molecule has 0 spiro atoms. The van der Waals surface area contributed by atoms with Crippen LogP contribution in [0.25, 0.3) is 0 Å². The maximum Gasteiger partial charge on any atom is 0.345 e. The summed E-state index contributed by atoms with van der Waals surface area (Å²) in [6.07, 6.45) is 0. The van der Waals surface area contributed by atoms with Crippen LogP contribution >= 0.6 is 22.9 Å². The van der Waals surface area contributed by atoms with E-state index in [1.807, 2.05) is 26.0 Å². The van der Waals surface area contributed by atoms with Crippen LogP contribution in [0.4, 0.5) is 0 Å². The van der Waals surface area contributed by atoms with Gasteiger partial charge in [0.15, 0.2) is 0 Å². The van der Waals surface area contributed by atoms with Crippen LogP contribution in [0.3, 0.4) is 0 Å². The van der Waals surface area contributed by atoms with Crippen molar-refractivity contribution in [1.29, 1.82) is 0 Å². The zero-order valence-corrected chi connectivity index (χ0v) is 12.1. The molecule has 100 valence electrons. The molecular weight excluding hydrogens is 284 g/mol. The van der Waals surface area contributed by atoms with Crippen molar-refractivity contribution in [2.24, 2.45) is 0 Å². The summed E-state index contributed by atoms with van der Waals surface area (Å²) in [5.74, 6) is -0.187. The molecule has 19 heavy (non-hydrogen) atoms. The Morgan fingerprint density at radius 3 is 2.74 bits per heavy atom. The standard InChI is InChI=1S/C14H13ClO3S/c1-8-3-4-11(15)6-12(8)18-7-10-5-13(14(16)17)19-9(10)2/h3-6H,7H2,1-2H3,(H,16,17). The lowest BCUT2D eigenvalue weighted by molar-refractivity contribution is 0.0702. The predicted octanol–water partition coefficient (Wildman–Crippen LogP) is 4.30. The van der Waals surface area contributed by atoms with Gasteiger partial charge >= 0.3 is 5.97 Å². The first-order chi connectivity index (χ1) is 8.97. The van der Waals surface area contributed by atoms with Gasteiger partial charge in [-0.3, -0.25) is 0 Å². The average Bonchev–Trinajstić information content (AvgIpc) is 2.72. The topological polar surface area (TPSA) is 46.5 Å². The van der Waals surface area contributed by atoms with Crippen LogP contribution in [-0.2, 0) is 6.61 Å². The van der Waals surface area contributed by atoms with Crippen molar-refractivity contribution in [3.8, 4) is 5.75 Å². The fourth-order valence-electron chi connectivity index (χ4n) is 1.65. The van der Waals surface area contributed by atoms with E-state index in [4.69, 9.17) is 21.4 Å². The zero-order valence-electron chi connectivity index (χ0n) is 10.6. The van der Waals surface area contributed by atoms with E-state index in [9.17, 15) is 4.79 Å². The Balaban J connectivity index is 2.14. The first-order valence-electron chi connectivity index (χ1n) is 5.69. The van der Waals surface area contributed by atoms with Gasteiger partial charge < -0.3 is 9.84 Å². The number of rotatable bonds is 4. The predicted molar refractivity (Wildman–Crippen MR) is 76.5 cm³/mol. The van der Waals surface area contributed by atoms with Crippen molar-refractivity contribution in [3.63, 3.8) is 0 Å². The summed E-state index contributed by atoms with van der Waals surface area (Å²) in [5.41, 5.74) is 1.89. The number of aryl methyl sites for hydroxylation is 2. The highest BCUT2D eigenvalue weighted by Gasteiger charge is 2.11. The van der Waals surface area contributed by atoms with Gasteiger partial charge in [0.25, 0.3) is 0 Å². The third kappa shape index (κ3) is 3.28. The van der Waals surface area contributed by atoms with Crippen LogP contribution in [0.15, 0.2) is 24.3 Å². The quantitative estimate of drug-likeness (QED) is 0.915. The smallest absolute Gasteiger partial charge is 0.345 e. The van der Waals surface area contributed by atoms with E-state index in [1.165, 1.54) is 11.3 Å². The van der Waals surface area contributed by atoms with Crippen LogP contribution in [-0.4, -0.2) is 11.1 Å². The number of ether oxygens (including phenoxy) is 1. The van der Waals surface area contributed by atoms with E-state index < -0.39 is 5.97 Å². The summed E-state index contributed by atoms with van der Waals surface area (Å²) in [6.45, 7) is 4.17. The van der Waals surface area contributed by atoms with Crippen LogP contribution in [0.1, 0.15) is 25.7 Å². The monoisotopic (exact) mass is 296 g/mol. The Bertz CT molecular complexity index is 619. The number of carboxylic acids is 1. The third-order valence-electron chi connectivity index (χ3n) is 2.76. The summed E-state index contributed by atoms with van der Waals surface area (Å²) in [6, 6.07) is 7.11. The molecule has 0 aliphatic rings. The Morgan fingerprint density at radius 2 is 2.11 bits per heavy atom. The van der Waals surface area contributed by atoms with Crippen molar-refractivity contribution >= 4 is 28.9 Å². The van der Waals surface area contributed by atoms with Gasteiger partial charge in [0.1, 0.15) is 17.2 Å². The number of halogens is 1. The van der Waals surface area contributed by atoms with Crippen molar-refractivity contribution in [2.45, 2.75) is 20.5 Å². The van der Waals surface area contributed by atoms with Crippen molar-refractivity contribution in [2.75, 3.05) is 0 Å². The molecule has 5 heteroatoms. The molecule has 0 aliphatic carbocycles. The van der Waals surface area contributed by atoms with Gasteiger partial charge in [-0.1, -0.05) is 17.7 Å². The zero-order chi connectivity index (χ0) is 14.0. The molecule has 0 unspecified atom stereocenters. The fourth-order valence-corrected chi connectivity index (χ4v) is 2.68. The lowest BCUT2D eigenvalue weighted by Gasteiger charge is -2.09. The number of carbonyl (C=O) groups is 1. The minimum Gasteiger partial charge on any atom is -0.489 e. The average molecular weight is 297 g/mol. The van der Waals surface area contributed by atoms with Gasteiger partial charge in [-0.05, 0) is 37.6 Å². The molecule has 0 radical (unpaired) electrons. The van der Waals surface area contributed by atoms with Crippen LogP contribution in [0.2, 0.25) is 5.02 Å². The van der Waals surface area contributed by atoms with E-state index in [-0.39, 0.29) is 0 Å². The molecule has 1 heterocycles. The highest BCUT2D eigenvalue weighted by atomic mass is 35.5. The number of benzene rings is 1. The summed E-state index contributed by atoms with van der Waals surface area (Å²) in [7, 11) is 0. The minimum atomic E-state index is -0.904. The fraction of sp³-hybridized carbons (Fsp3) is 0.214. The van der Waals surface area contributed by atoms with E-state index in [0.29, 0.717) is 16.5 Å². The molecule has 1 aromatic carbocycles. The number of hydrogen-bond donors (Lipinski definition) is 1. The molecule has 0 aliphatic heterocycles.